The van der Waals surface area contributed by atoms with Gasteiger partial charge in [0.25, 0.3) is 5.82 Å². The van der Waals surface area contributed by atoms with E-state index in [4.69, 9.17) is 24.9 Å². The Morgan fingerprint density at radius 3 is 0.986 bits per heavy atom. The lowest BCUT2D eigenvalue weighted by atomic mass is 9.95. The number of benzene rings is 10. The van der Waals surface area contributed by atoms with Gasteiger partial charge in [-0.3, -0.25) is 0 Å². The molecular weight excluding hydrogens is 877 g/mol. The third-order valence-corrected chi connectivity index (χ3v) is 12.8. The van der Waals surface area contributed by atoms with Crippen molar-refractivity contribution < 1.29 is 4.57 Å². The van der Waals surface area contributed by atoms with Crippen molar-refractivity contribution in [2.75, 3.05) is 0 Å². The van der Waals surface area contributed by atoms with E-state index in [0.717, 1.165) is 95.0 Å². The summed E-state index contributed by atoms with van der Waals surface area (Å²) in [6, 6.07) is 92.6. The number of hydrogen-bond acceptors (Lipinski definition) is 5. The lowest BCUT2D eigenvalue weighted by molar-refractivity contribution is -0.590. The zero-order valence-corrected chi connectivity index (χ0v) is 39.2. The van der Waals surface area contributed by atoms with E-state index in [1.54, 1.807) is 0 Å². The van der Waals surface area contributed by atoms with Gasteiger partial charge in [0.15, 0.2) is 17.5 Å². The van der Waals surface area contributed by atoms with Crippen LogP contribution in [0.25, 0.3) is 118 Å². The van der Waals surface area contributed by atoms with Crippen LogP contribution in [0.1, 0.15) is 0 Å². The molecule has 0 spiro atoms. The molecule has 0 amide bonds. The third-order valence-electron chi connectivity index (χ3n) is 12.8. The molecule has 0 aliphatic rings. The SMILES string of the molecule is c1ccc(-c2cc(-c3ccccc3)cc(-c3nc(-c4ccccc4)nc(-c4cccc(-c5cccc(-c6cccc(-c7cccc(-c8nc(-c9ccccc9)nc[n+]8-c8ccccc8)c7)c6)c5)c4)n3)c2)cc1. The summed E-state index contributed by atoms with van der Waals surface area (Å²) in [7, 11) is 0. The van der Waals surface area contributed by atoms with E-state index in [9.17, 15) is 0 Å². The molecule has 6 nitrogen and oxygen atoms in total. The van der Waals surface area contributed by atoms with Crippen LogP contribution in [0.5, 0.6) is 0 Å². The second-order valence-corrected chi connectivity index (χ2v) is 17.6. The first kappa shape index (κ1) is 43.5. The molecule has 6 heteroatoms. The Morgan fingerprint density at radius 1 is 0.208 bits per heavy atom. The molecule has 0 aliphatic heterocycles. The zero-order chi connectivity index (χ0) is 48.1. The van der Waals surface area contributed by atoms with Crippen LogP contribution < -0.4 is 4.57 Å². The molecule has 10 aromatic carbocycles. The van der Waals surface area contributed by atoms with Gasteiger partial charge in [0.2, 0.25) is 6.33 Å². The second kappa shape index (κ2) is 19.7. The Balaban J connectivity index is 0.893. The zero-order valence-electron chi connectivity index (χ0n) is 39.2. The number of hydrogen-bond donors (Lipinski definition) is 0. The second-order valence-electron chi connectivity index (χ2n) is 17.6. The molecule has 0 fully saturated rings. The molecule has 12 rings (SSSR count). The summed E-state index contributed by atoms with van der Waals surface area (Å²) in [5, 5.41) is 0. The van der Waals surface area contributed by atoms with Crippen LogP contribution in [0.15, 0.2) is 273 Å². The van der Waals surface area contributed by atoms with Gasteiger partial charge < -0.3 is 0 Å². The van der Waals surface area contributed by atoms with Crippen molar-refractivity contribution in [3.05, 3.63) is 273 Å². The average Bonchev–Trinajstić information content (AvgIpc) is 3.48. The van der Waals surface area contributed by atoms with Gasteiger partial charge >= 0.3 is 5.82 Å². The summed E-state index contributed by atoms with van der Waals surface area (Å²) < 4.78 is 2.05. The molecule has 0 saturated carbocycles. The molecule has 338 valence electrons. The molecule has 0 N–H and O–H groups in total. The molecule has 0 aliphatic carbocycles. The predicted molar refractivity (Wildman–Crippen MR) is 291 cm³/mol. The van der Waals surface area contributed by atoms with Crippen molar-refractivity contribution in [2.45, 2.75) is 0 Å². The molecule has 0 bridgehead atoms. The lowest BCUT2D eigenvalue weighted by Crippen LogP contribution is -2.35. The summed E-state index contributed by atoms with van der Waals surface area (Å²) in [5.74, 6) is 3.31. The summed E-state index contributed by atoms with van der Waals surface area (Å²) >= 11 is 0. The number of nitrogens with zero attached hydrogens (tertiary/aromatic N) is 6. The number of para-hydroxylation sites is 1. The molecule has 0 unspecified atom stereocenters. The van der Waals surface area contributed by atoms with Gasteiger partial charge in [0.05, 0.1) is 11.1 Å². The van der Waals surface area contributed by atoms with E-state index in [1.807, 2.05) is 97.3 Å². The monoisotopic (exact) mass is 921 g/mol. The van der Waals surface area contributed by atoms with Gasteiger partial charge in [-0.25, -0.2) is 15.0 Å². The van der Waals surface area contributed by atoms with Crippen LogP contribution in [0.4, 0.5) is 0 Å². The van der Waals surface area contributed by atoms with Crippen LogP contribution in [0.2, 0.25) is 0 Å². The van der Waals surface area contributed by atoms with Crippen molar-refractivity contribution in [1.82, 2.24) is 24.9 Å². The molecule has 12 aromatic rings. The van der Waals surface area contributed by atoms with Crippen LogP contribution in [-0.2, 0) is 0 Å². The Labute approximate surface area is 419 Å². The van der Waals surface area contributed by atoms with E-state index < -0.39 is 0 Å². The molecule has 2 aromatic heterocycles. The van der Waals surface area contributed by atoms with Crippen molar-refractivity contribution in [1.29, 1.82) is 0 Å². The van der Waals surface area contributed by atoms with Gasteiger partial charge in [0, 0.05) is 16.7 Å². The fourth-order valence-electron chi connectivity index (χ4n) is 9.19. The minimum atomic E-state index is 0.603. The molecule has 0 radical (unpaired) electrons. The summed E-state index contributed by atoms with van der Waals surface area (Å²) in [4.78, 5) is 25.5. The van der Waals surface area contributed by atoms with Gasteiger partial charge in [-0.05, 0) is 128 Å². The molecule has 0 saturated heterocycles. The third kappa shape index (κ3) is 9.24. The summed E-state index contributed by atoms with van der Waals surface area (Å²) in [6.07, 6.45) is 1.87. The molecule has 2 heterocycles. The van der Waals surface area contributed by atoms with E-state index in [-0.39, 0.29) is 0 Å². The largest absolute Gasteiger partial charge is 0.307 e. The highest BCUT2D eigenvalue weighted by atomic mass is 15.1. The fourth-order valence-corrected chi connectivity index (χ4v) is 9.19. The highest BCUT2D eigenvalue weighted by Crippen LogP contribution is 2.36. The van der Waals surface area contributed by atoms with Crippen LogP contribution >= 0.6 is 0 Å². The Kier molecular flexibility index (Phi) is 11.9. The van der Waals surface area contributed by atoms with Gasteiger partial charge in [0.1, 0.15) is 5.69 Å². The van der Waals surface area contributed by atoms with Gasteiger partial charge in [-0.1, -0.05) is 204 Å². The maximum absolute atomic E-state index is 5.24. The maximum Gasteiger partial charge on any atom is 0.307 e. The predicted octanol–water partition coefficient (Wildman–Crippen LogP) is 15.6. The number of rotatable bonds is 11. The normalized spacial score (nSPS) is 11.1. The first-order valence-electron chi connectivity index (χ1n) is 24.0. The van der Waals surface area contributed by atoms with Crippen molar-refractivity contribution in [3.8, 4) is 118 Å². The standard InChI is InChI=1S/C66H45N6/c1-6-20-46(21-7-1)58-42-59(47-22-8-2-9-23-47)44-60(43-58)65-69-63(49-26-12-4-13-27-49)68-64(70-65)56-34-18-32-54(40-56)52-30-16-28-50(38-52)51-29-17-31-53(39-51)55-33-19-35-57(41-55)66-71-62(48-24-10-3-11-25-48)67-45-72(66)61-36-14-5-15-37-61/h1-45H/q+1. The lowest BCUT2D eigenvalue weighted by Gasteiger charge is -2.13. The first-order valence-corrected chi connectivity index (χ1v) is 24.0. The average molecular weight is 922 g/mol. The Bertz CT molecular complexity index is 3790. The molecular formula is C66H45N6+. The van der Waals surface area contributed by atoms with E-state index in [0.29, 0.717) is 23.3 Å². The van der Waals surface area contributed by atoms with Gasteiger partial charge in [-0.2, -0.15) is 4.57 Å². The van der Waals surface area contributed by atoms with E-state index >= 15 is 0 Å². The molecule has 72 heavy (non-hydrogen) atoms. The Hall–Kier alpha value is -9.78. The topological polar surface area (TPSA) is 68.3 Å². The first-order chi connectivity index (χ1) is 35.6. The quantitative estimate of drug-likeness (QED) is 0.121. The van der Waals surface area contributed by atoms with Crippen LogP contribution in [-0.4, -0.2) is 24.9 Å². The Morgan fingerprint density at radius 2 is 0.514 bits per heavy atom. The highest BCUT2D eigenvalue weighted by Gasteiger charge is 2.21. The van der Waals surface area contributed by atoms with Crippen molar-refractivity contribution in [3.63, 3.8) is 0 Å². The minimum Gasteiger partial charge on any atom is -0.208 e. The maximum atomic E-state index is 5.24. The summed E-state index contributed by atoms with van der Waals surface area (Å²) in [6.45, 7) is 0. The van der Waals surface area contributed by atoms with Crippen LogP contribution in [0, 0.1) is 0 Å². The van der Waals surface area contributed by atoms with E-state index in [1.165, 1.54) is 0 Å². The highest BCUT2D eigenvalue weighted by molar-refractivity contribution is 5.82. The van der Waals surface area contributed by atoms with Crippen LogP contribution in [0.3, 0.4) is 0 Å². The minimum absolute atomic E-state index is 0.603. The van der Waals surface area contributed by atoms with E-state index in [2.05, 4.69) is 180 Å². The van der Waals surface area contributed by atoms with Crippen molar-refractivity contribution in [2.24, 2.45) is 0 Å². The number of aromatic nitrogens is 6. The van der Waals surface area contributed by atoms with Gasteiger partial charge in [-0.15, -0.1) is 0 Å². The molecule has 0 atom stereocenters. The van der Waals surface area contributed by atoms with Crippen molar-refractivity contribution >= 4 is 0 Å². The smallest absolute Gasteiger partial charge is 0.208 e. The summed E-state index contributed by atoms with van der Waals surface area (Å²) in [5.41, 5.74) is 16.7. The fraction of sp³-hybridized carbons (Fsp3) is 0.